The van der Waals surface area contributed by atoms with Gasteiger partial charge in [-0.2, -0.15) is 0 Å². The summed E-state index contributed by atoms with van der Waals surface area (Å²) in [4.78, 5) is 6.38. The predicted octanol–water partition coefficient (Wildman–Crippen LogP) is 1.34. The summed E-state index contributed by atoms with van der Waals surface area (Å²) in [5.74, 6) is 0. The molecule has 0 spiro atoms. The molecule has 0 atom stereocenters. The van der Waals surface area contributed by atoms with Crippen LogP contribution < -0.4 is 0 Å². The van der Waals surface area contributed by atoms with Gasteiger partial charge in [-0.3, -0.25) is 4.98 Å². The van der Waals surface area contributed by atoms with E-state index in [0.717, 1.165) is 12.4 Å². The van der Waals surface area contributed by atoms with Crippen LogP contribution in [-0.4, -0.2) is 18.4 Å². The molecule has 1 aromatic rings. The highest BCUT2D eigenvalue weighted by molar-refractivity contribution is 8.13. The van der Waals surface area contributed by atoms with Crippen LogP contribution in [0.1, 0.15) is 12.1 Å². The van der Waals surface area contributed by atoms with Crippen molar-refractivity contribution < 1.29 is 17.2 Å². The minimum absolute atomic E-state index is 0.674. The highest BCUT2D eigenvalue weighted by Crippen LogP contribution is 2.18. The molecule has 0 aliphatic rings. The molecule has 8 heteroatoms. The van der Waals surface area contributed by atoms with Crippen molar-refractivity contribution in [3.05, 3.63) is 18.1 Å². The van der Waals surface area contributed by atoms with Gasteiger partial charge < -0.3 is 0 Å². The molecule has 0 unspecified atom stereocenters. The quantitative estimate of drug-likeness (QED) is 0.717. The third-order valence-electron chi connectivity index (χ3n) is 1.10. The predicted molar refractivity (Wildman–Crippen MR) is 40.0 cm³/mol. The van der Waals surface area contributed by atoms with Crippen LogP contribution in [0.3, 0.4) is 0 Å². The maximum Gasteiger partial charge on any atom is 0.281 e. The first-order valence-corrected chi connectivity index (χ1v) is 5.27. The van der Waals surface area contributed by atoms with Gasteiger partial charge in [-0.1, -0.05) is 0 Å². The first-order chi connectivity index (χ1) is 5.91. The second kappa shape index (κ2) is 3.51. The van der Waals surface area contributed by atoms with Gasteiger partial charge in [-0.25, -0.2) is 22.2 Å². The third-order valence-corrected chi connectivity index (χ3v) is 2.28. The van der Waals surface area contributed by atoms with Crippen LogP contribution in [-0.2, 0) is 9.05 Å². The fourth-order valence-corrected chi connectivity index (χ4v) is 1.21. The molecule has 0 aliphatic carbocycles. The Bertz CT molecular complexity index is 409. The van der Waals surface area contributed by atoms with E-state index in [2.05, 4.69) is 9.97 Å². The van der Waals surface area contributed by atoms with Gasteiger partial charge in [0.15, 0.2) is 5.03 Å². The normalized spacial score (nSPS) is 12.0. The molecule has 13 heavy (non-hydrogen) atoms. The lowest BCUT2D eigenvalue weighted by molar-refractivity contribution is 0.144. The second-order valence-electron chi connectivity index (χ2n) is 2.02. The number of hydrogen-bond donors (Lipinski definition) is 0. The number of alkyl halides is 2. The van der Waals surface area contributed by atoms with E-state index >= 15 is 0 Å². The first-order valence-electron chi connectivity index (χ1n) is 2.96. The monoisotopic (exact) mass is 228 g/mol. The molecule has 0 saturated heterocycles. The molecule has 0 aliphatic heterocycles. The van der Waals surface area contributed by atoms with Gasteiger partial charge in [0.2, 0.25) is 0 Å². The van der Waals surface area contributed by atoms with Crippen LogP contribution in [0.25, 0.3) is 0 Å². The summed E-state index contributed by atoms with van der Waals surface area (Å²) in [6, 6.07) is 0. The van der Waals surface area contributed by atoms with E-state index in [1.807, 2.05) is 0 Å². The Morgan fingerprint density at radius 1 is 1.38 bits per heavy atom. The van der Waals surface area contributed by atoms with Crippen LogP contribution >= 0.6 is 10.7 Å². The maximum atomic E-state index is 12.0. The molecular formula is C5H3ClF2N2O2S. The van der Waals surface area contributed by atoms with Gasteiger partial charge >= 0.3 is 0 Å². The van der Waals surface area contributed by atoms with Gasteiger partial charge in [-0.05, 0) is 0 Å². The van der Waals surface area contributed by atoms with Crippen LogP contribution in [0, 0.1) is 0 Å². The lowest BCUT2D eigenvalue weighted by Gasteiger charge is -1.98. The van der Waals surface area contributed by atoms with E-state index in [1.54, 1.807) is 0 Å². The average molecular weight is 229 g/mol. The summed E-state index contributed by atoms with van der Waals surface area (Å²) in [5, 5.41) is -0.674. The maximum absolute atomic E-state index is 12.0. The third kappa shape index (κ3) is 2.56. The lowest BCUT2D eigenvalue weighted by atomic mass is 10.5. The van der Waals surface area contributed by atoms with E-state index < -0.39 is 26.2 Å². The van der Waals surface area contributed by atoms with Crippen LogP contribution in [0.2, 0.25) is 0 Å². The van der Waals surface area contributed by atoms with Crippen molar-refractivity contribution in [1.82, 2.24) is 9.97 Å². The SMILES string of the molecule is O=S(=O)(Cl)c1cncc(C(F)F)n1. The minimum atomic E-state index is -4.09. The minimum Gasteiger partial charge on any atom is -0.260 e. The molecule has 72 valence electrons. The Kier molecular flexibility index (Phi) is 2.77. The Labute approximate surface area is 77.0 Å². The lowest BCUT2D eigenvalue weighted by Crippen LogP contribution is -2.00. The molecule has 0 fully saturated rings. The van der Waals surface area contributed by atoms with Crippen molar-refractivity contribution >= 4 is 19.7 Å². The number of hydrogen-bond acceptors (Lipinski definition) is 4. The zero-order chi connectivity index (χ0) is 10.1. The van der Waals surface area contributed by atoms with Crippen molar-refractivity contribution in [3.63, 3.8) is 0 Å². The highest BCUT2D eigenvalue weighted by atomic mass is 35.7. The standard InChI is InChI=1S/C5H3ClF2N2O2S/c6-13(11,12)4-2-9-1-3(10-4)5(7)8/h1-2,5H. The summed E-state index contributed by atoms with van der Waals surface area (Å²) in [6.07, 6.45) is -1.30. The van der Waals surface area contributed by atoms with Gasteiger partial charge in [-0.15, -0.1) is 0 Å². The smallest absolute Gasteiger partial charge is 0.260 e. The van der Waals surface area contributed by atoms with Crippen molar-refractivity contribution in [3.8, 4) is 0 Å². The van der Waals surface area contributed by atoms with Crippen molar-refractivity contribution in [2.24, 2.45) is 0 Å². The Hall–Kier alpha value is -0.820. The van der Waals surface area contributed by atoms with E-state index in [0.29, 0.717) is 0 Å². The van der Waals surface area contributed by atoms with Crippen LogP contribution in [0.4, 0.5) is 8.78 Å². The number of aromatic nitrogens is 2. The summed E-state index contributed by atoms with van der Waals surface area (Å²) >= 11 is 0. The molecule has 0 N–H and O–H groups in total. The van der Waals surface area contributed by atoms with Gasteiger partial charge in [0.05, 0.1) is 12.4 Å². The number of rotatable bonds is 2. The van der Waals surface area contributed by atoms with Crippen molar-refractivity contribution in [1.29, 1.82) is 0 Å². The second-order valence-corrected chi connectivity index (χ2v) is 4.53. The topological polar surface area (TPSA) is 59.9 Å². The van der Waals surface area contributed by atoms with E-state index in [4.69, 9.17) is 10.7 Å². The molecule has 1 heterocycles. The highest BCUT2D eigenvalue weighted by Gasteiger charge is 2.16. The molecular weight excluding hydrogens is 226 g/mol. The molecule has 1 aromatic heterocycles. The molecule has 0 radical (unpaired) electrons. The fraction of sp³-hybridized carbons (Fsp3) is 0.200. The van der Waals surface area contributed by atoms with Gasteiger partial charge in [0, 0.05) is 10.7 Å². The van der Waals surface area contributed by atoms with Crippen LogP contribution in [0.15, 0.2) is 17.4 Å². The van der Waals surface area contributed by atoms with E-state index in [-0.39, 0.29) is 0 Å². The molecule has 0 aromatic carbocycles. The number of nitrogens with zero attached hydrogens (tertiary/aromatic N) is 2. The van der Waals surface area contributed by atoms with Gasteiger partial charge in [0.25, 0.3) is 15.5 Å². The summed E-state index contributed by atoms with van der Waals surface area (Å²) < 4.78 is 45.2. The Morgan fingerprint density at radius 2 is 2.00 bits per heavy atom. The van der Waals surface area contributed by atoms with E-state index in [9.17, 15) is 17.2 Å². The fourth-order valence-electron chi connectivity index (χ4n) is 0.585. The van der Waals surface area contributed by atoms with Crippen molar-refractivity contribution in [2.75, 3.05) is 0 Å². The molecule has 1 rings (SSSR count). The van der Waals surface area contributed by atoms with Gasteiger partial charge in [0.1, 0.15) is 5.69 Å². The number of halogens is 3. The Morgan fingerprint density at radius 3 is 2.46 bits per heavy atom. The molecule has 0 bridgehead atoms. The average Bonchev–Trinajstić information content (AvgIpc) is 2.03. The van der Waals surface area contributed by atoms with Crippen molar-refractivity contribution in [2.45, 2.75) is 11.5 Å². The molecule has 4 nitrogen and oxygen atoms in total. The summed E-state index contributed by atoms with van der Waals surface area (Å²) in [7, 11) is 0.766. The molecule has 0 amide bonds. The zero-order valence-corrected chi connectivity index (χ0v) is 7.56. The summed E-state index contributed by atoms with van der Waals surface area (Å²) in [5.41, 5.74) is -0.721. The zero-order valence-electron chi connectivity index (χ0n) is 5.99. The van der Waals surface area contributed by atoms with E-state index in [1.165, 1.54) is 0 Å². The first kappa shape index (κ1) is 10.3. The Balaban J connectivity index is 3.21. The van der Waals surface area contributed by atoms with Crippen LogP contribution in [0.5, 0.6) is 0 Å². The molecule has 0 saturated carbocycles. The summed E-state index contributed by atoms with van der Waals surface area (Å²) in [6.45, 7) is 0. The largest absolute Gasteiger partial charge is 0.281 e.